The van der Waals surface area contributed by atoms with Crippen LogP contribution in [0.3, 0.4) is 0 Å². The zero-order valence-electron chi connectivity index (χ0n) is 19.7. The second kappa shape index (κ2) is 9.23. The third-order valence-corrected chi connectivity index (χ3v) is 6.63. The largest absolute Gasteiger partial charge is 0.368 e. The van der Waals surface area contributed by atoms with Crippen molar-refractivity contribution in [1.82, 2.24) is 9.80 Å². The summed E-state index contributed by atoms with van der Waals surface area (Å²) in [7, 11) is 0. The predicted octanol–water partition coefficient (Wildman–Crippen LogP) is 4.02. The maximum absolute atomic E-state index is 12.9. The number of rotatable bonds is 5. The Morgan fingerprint density at radius 2 is 1.59 bits per heavy atom. The second-order valence-electron chi connectivity index (χ2n) is 9.26. The van der Waals surface area contributed by atoms with Crippen LogP contribution in [-0.4, -0.2) is 67.6 Å². The molecule has 4 rings (SSSR count). The summed E-state index contributed by atoms with van der Waals surface area (Å²) < 4.78 is 0. The Balaban J connectivity index is 1.32. The Labute approximate surface area is 191 Å². The van der Waals surface area contributed by atoms with E-state index in [-0.39, 0.29) is 18.5 Å². The third kappa shape index (κ3) is 4.59. The molecular formula is C26H34N4O2. The van der Waals surface area contributed by atoms with Crippen molar-refractivity contribution in [2.45, 2.75) is 33.6 Å². The highest BCUT2D eigenvalue weighted by Gasteiger charge is 2.32. The molecule has 0 N–H and O–H groups in total. The molecule has 2 saturated heterocycles. The van der Waals surface area contributed by atoms with Gasteiger partial charge in [0.2, 0.25) is 5.91 Å². The number of urea groups is 1. The first-order valence-electron chi connectivity index (χ1n) is 11.6. The minimum atomic E-state index is -0.0790. The highest BCUT2D eigenvalue weighted by atomic mass is 16.2. The normalized spacial score (nSPS) is 17.0. The molecule has 0 aromatic heterocycles. The summed E-state index contributed by atoms with van der Waals surface area (Å²) >= 11 is 0. The third-order valence-electron chi connectivity index (χ3n) is 6.63. The van der Waals surface area contributed by atoms with E-state index in [4.69, 9.17) is 0 Å². The molecule has 0 spiro atoms. The van der Waals surface area contributed by atoms with Crippen LogP contribution in [0.15, 0.2) is 42.5 Å². The summed E-state index contributed by atoms with van der Waals surface area (Å²) in [6.45, 7) is 12.9. The molecule has 2 aliphatic rings. The number of amides is 3. The molecule has 0 radical (unpaired) electrons. The van der Waals surface area contributed by atoms with E-state index in [1.807, 2.05) is 17.0 Å². The number of hydrogen-bond acceptors (Lipinski definition) is 3. The van der Waals surface area contributed by atoms with Gasteiger partial charge < -0.3 is 14.7 Å². The maximum atomic E-state index is 12.9. The van der Waals surface area contributed by atoms with Crippen molar-refractivity contribution < 1.29 is 9.59 Å². The van der Waals surface area contributed by atoms with Gasteiger partial charge in [0.25, 0.3) is 0 Å². The van der Waals surface area contributed by atoms with Crippen LogP contribution in [0.1, 0.15) is 36.5 Å². The lowest BCUT2D eigenvalue weighted by molar-refractivity contribution is -0.131. The summed E-state index contributed by atoms with van der Waals surface area (Å²) in [4.78, 5) is 33.5. The van der Waals surface area contributed by atoms with Crippen LogP contribution in [0.2, 0.25) is 0 Å². The van der Waals surface area contributed by atoms with Crippen LogP contribution in [-0.2, 0) is 4.79 Å². The molecule has 3 amide bonds. The van der Waals surface area contributed by atoms with Gasteiger partial charge in [-0.1, -0.05) is 38.1 Å². The molecule has 2 heterocycles. The lowest BCUT2D eigenvalue weighted by atomic mass is 10.0. The minimum Gasteiger partial charge on any atom is -0.368 e. The van der Waals surface area contributed by atoms with Crippen LogP contribution >= 0.6 is 0 Å². The van der Waals surface area contributed by atoms with Crippen molar-refractivity contribution in [2.24, 2.45) is 0 Å². The fourth-order valence-corrected chi connectivity index (χ4v) is 4.53. The first-order valence-corrected chi connectivity index (χ1v) is 11.6. The highest BCUT2D eigenvalue weighted by molar-refractivity contribution is 5.96. The summed E-state index contributed by atoms with van der Waals surface area (Å²) in [6.07, 6.45) is 0. The fourth-order valence-electron chi connectivity index (χ4n) is 4.53. The van der Waals surface area contributed by atoms with E-state index in [1.54, 1.807) is 9.80 Å². The SMILES string of the molecule is Cc1ccc(C)c(N2CCN(C(=O)CN3CCN(c4ccc(C(C)C)cc4)C3=O)CC2)c1. The van der Waals surface area contributed by atoms with Crippen LogP contribution in [0.5, 0.6) is 0 Å². The maximum Gasteiger partial charge on any atom is 0.325 e. The first kappa shape index (κ1) is 22.2. The van der Waals surface area contributed by atoms with Crippen LogP contribution < -0.4 is 9.80 Å². The average Bonchev–Trinajstić information content (AvgIpc) is 3.15. The molecule has 0 bridgehead atoms. The van der Waals surface area contributed by atoms with Gasteiger partial charge in [-0.2, -0.15) is 0 Å². The van der Waals surface area contributed by atoms with Crippen molar-refractivity contribution in [3.63, 3.8) is 0 Å². The van der Waals surface area contributed by atoms with E-state index in [1.165, 1.54) is 22.4 Å². The van der Waals surface area contributed by atoms with E-state index in [0.29, 0.717) is 32.1 Å². The topological polar surface area (TPSA) is 47.1 Å². The fraction of sp³-hybridized carbons (Fsp3) is 0.462. The zero-order valence-corrected chi connectivity index (χ0v) is 19.7. The lowest BCUT2D eigenvalue weighted by Gasteiger charge is -2.37. The number of nitrogens with zero attached hydrogens (tertiary/aromatic N) is 4. The molecule has 6 nitrogen and oxygen atoms in total. The van der Waals surface area contributed by atoms with E-state index in [9.17, 15) is 9.59 Å². The van der Waals surface area contributed by atoms with Crippen molar-refractivity contribution >= 4 is 23.3 Å². The molecule has 0 aliphatic carbocycles. The molecule has 2 fully saturated rings. The molecule has 2 aliphatic heterocycles. The molecule has 0 saturated carbocycles. The Morgan fingerprint density at radius 3 is 2.25 bits per heavy atom. The zero-order chi connectivity index (χ0) is 22.8. The van der Waals surface area contributed by atoms with E-state index in [0.717, 1.165) is 18.8 Å². The van der Waals surface area contributed by atoms with Crippen LogP contribution in [0.25, 0.3) is 0 Å². The van der Waals surface area contributed by atoms with Gasteiger partial charge in [0.15, 0.2) is 0 Å². The van der Waals surface area contributed by atoms with Crippen molar-refractivity contribution in [1.29, 1.82) is 0 Å². The summed E-state index contributed by atoms with van der Waals surface area (Å²) in [6, 6.07) is 14.6. The van der Waals surface area contributed by atoms with Gasteiger partial charge in [0, 0.05) is 50.6 Å². The molecule has 32 heavy (non-hydrogen) atoms. The predicted molar refractivity (Wildman–Crippen MR) is 130 cm³/mol. The summed E-state index contributed by atoms with van der Waals surface area (Å²) in [5.41, 5.74) is 5.93. The molecule has 2 aromatic rings. The molecule has 0 atom stereocenters. The number of aryl methyl sites for hydroxylation is 2. The smallest absolute Gasteiger partial charge is 0.325 e. The highest BCUT2D eigenvalue weighted by Crippen LogP contribution is 2.25. The Morgan fingerprint density at radius 1 is 0.906 bits per heavy atom. The Hall–Kier alpha value is -3.02. The average molecular weight is 435 g/mol. The van der Waals surface area contributed by atoms with Gasteiger partial charge in [0.1, 0.15) is 6.54 Å². The quantitative estimate of drug-likeness (QED) is 0.714. The number of carbonyl (C=O) groups excluding carboxylic acids is 2. The van der Waals surface area contributed by atoms with Crippen molar-refractivity contribution in [3.8, 4) is 0 Å². The van der Waals surface area contributed by atoms with Crippen LogP contribution in [0, 0.1) is 13.8 Å². The second-order valence-corrected chi connectivity index (χ2v) is 9.26. The van der Waals surface area contributed by atoms with Crippen molar-refractivity contribution in [2.75, 3.05) is 55.6 Å². The first-order chi connectivity index (χ1) is 15.3. The van der Waals surface area contributed by atoms with E-state index >= 15 is 0 Å². The molecular weight excluding hydrogens is 400 g/mol. The summed E-state index contributed by atoms with van der Waals surface area (Å²) in [5.74, 6) is 0.499. The number of hydrogen-bond donors (Lipinski definition) is 0. The number of anilines is 2. The monoisotopic (exact) mass is 434 g/mol. The van der Waals surface area contributed by atoms with Gasteiger partial charge in [-0.25, -0.2) is 4.79 Å². The lowest BCUT2D eigenvalue weighted by Crippen LogP contribution is -2.51. The minimum absolute atomic E-state index is 0.0379. The molecule has 6 heteroatoms. The standard InChI is InChI=1S/C26H34N4O2/c1-19(2)22-7-9-23(10-8-22)30-16-15-29(26(30)32)18-25(31)28-13-11-27(12-14-28)24-17-20(3)5-6-21(24)4/h5-10,17,19H,11-16,18H2,1-4H3. The van der Waals surface area contributed by atoms with Crippen LogP contribution in [0.4, 0.5) is 16.2 Å². The van der Waals surface area contributed by atoms with Gasteiger partial charge in [0.05, 0.1) is 0 Å². The Bertz CT molecular complexity index is 978. The van der Waals surface area contributed by atoms with Gasteiger partial charge in [-0.15, -0.1) is 0 Å². The van der Waals surface area contributed by atoms with Gasteiger partial charge in [-0.3, -0.25) is 9.69 Å². The Kier molecular flexibility index (Phi) is 6.40. The molecule has 170 valence electrons. The molecule has 2 aromatic carbocycles. The number of piperazine rings is 1. The number of benzene rings is 2. The molecule has 0 unspecified atom stereocenters. The van der Waals surface area contributed by atoms with E-state index < -0.39 is 0 Å². The van der Waals surface area contributed by atoms with Gasteiger partial charge >= 0.3 is 6.03 Å². The summed E-state index contributed by atoms with van der Waals surface area (Å²) in [5, 5.41) is 0. The van der Waals surface area contributed by atoms with E-state index in [2.05, 4.69) is 62.9 Å². The van der Waals surface area contributed by atoms with Gasteiger partial charge in [-0.05, 0) is 54.7 Å². The van der Waals surface area contributed by atoms with Crippen molar-refractivity contribution in [3.05, 3.63) is 59.2 Å². The number of carbonyl (C=O) groups is 2.